The Balaban J connectivity index is 1.89. The summed E-state index contributed by atoms with van der Waals surface area (Å²) in [7, 11) is 0. The minimum atomic E-state index is 0.128. The van der Waals surface area contributed by atoms with Crippen LogP contribution in [0.3, 0.4) is 0 Å². The number of ketones is 1. The Bertz CT molecular complexity index is 439. The SMILES string of the molecule is CC(C)(C)c1ccc(C(=O)CCC2CNCCO2)cc1. The van der Waals surface area contributed by atoms with Crippen molar-refractivity contribution in [3.8, 4) is 0 Å². The van der Waals surface area contributed by atoms with Gasteiger partial charge < -0.3 is 10.1 Å². The van der Waals surface area contributed by atoms with Crippen molar-refractivity contribution in [3.63, 3.8) is 0 Å². The molecule has 0 spiro atoms. The van der Waals surface area contributed by atoms with Gasteiger partial charge in [0.25, 0.3) is 0 Å². The number of Topliss-reactive ketones (excluding diaryl/α,β-unsaturated/α-hetero) is 1. The summed E-state index contributed by atoms with van der Waals surface area (Å²) in [4.78, 5) is 12.2. The number of benzene rings is 1. The summed E-state index contributed by atoms with van der Waals surface area (Å²) in [5.41, 5.74) is 2.19. The molecule has 110 valence electrons. The lowest BCUT2D eigenvalue weighted by Crippen LogP contribution is -2.38. The summed E-state index contributed by atoms with van der Waals surface area (Å²) in [6, 6.07) is 8.02. The van der Waals surface area contributed by atoms with Gasteiger partial charge in [-0.1, -0.05) is 45.0 Å². The maximum atomic E-state index is 12.2. The van der Waals surface area contributed by atoms with Crippen molar-refractivity contribution < 1.29 is 9.53 Å². The Kier molecular flexibility index (Phi) is 4.95. The van der Waals surface area contributed by atoms with E-state index in [0.717, 1.165) is 31.7 Å². The van der Waals surface area contributed by atoms with Gasteiger partial charge in [-0.3, -0.25) is 4.79 Å². The van der Waals surface area contributed by atoms with Crippen molar-refractivity contribution in [1.82, 2.24) is 5.32 Å². The van der Waals surface area contributed by atoms with Gasteiger partial charge in [0.2, 0.25) is 0 Å². The van der Waals surface area contributed by atoms with Gasteiger partial charge in [-0.15, -0.1) is 0 Å². The van der Waals surface area contributed by atoms with E-state index in [2.05, 4.69) is 38.2 Å². The fraction of sp³-hybridized carbons (Fsp3) is 0.588. The lowest BCUT2D eigenvalue weighted by Gasteiger charge is -2.23. The maximum Gasteiger partial charge on any atom is 0.162 e. The second-order valence-electron chi connectivity index (χ2n) is 6.49. The summed E-state index contributed by atoms with van der Waals surface area (Å²) in [6.45, 7) is 9.06. The largest absolute Gasteiger partial charge is 0.376 e. The minimum Gasteiger partial charge on any atom is -0.376 e. The smallest absolute Gasteiger partial charge is 0.162 e. The number of ether oxygens (including phenoxy) is 1. The normalized spacial score (nSPS) is 19.9. The molecule has 1 atom stereocenters. The zero-order valence-electron chi connectivity index (χ0n) is 12.7. The van der Waals surface area contributed by atoms with Crippen molar-refractivity contribution in [1.29, 1.82) is 0 Å². The highest BCUT2D eigenvalue weighted by Crippen LogP contribution is 2.22. The zero-order valence-corrected chi connectivity index (χ0v) is 12.7. The van der Waals surface area contributed by atoms with E-state index in [1.807, 2.05) is 12.1 Å². The molecule has 0 aromatic heterocycles. The average molecular weight is 275 g/mol. The fourth-order valence-corrected chi connectivity index (χ4v) is 2.40. The second-order valence-corrected chi connectivity index (χ2v) is 6.49. The van der Waals surface area contributed by atoms with Gasteiger partial charge in [-0.2, -0.15) is 0 Å². The molecule has 2 rings (SSSR count). The van der Waals surface area contributed by atoms with E-state index in [9.17, 15) is 4.79 Å². The summed E-state index contributed by atoms with van der Waals surface area (Å²) < 4.78 is 5.61. The monoisotopic (exact) mass is 275 g/mol. The third-order valence-corrected chi connectivity index (χ3v) is 3.77. The van der Waals surface area contributed by atoms with Crippen molar-refractivity contribution >= 4 is 5.78 Å². The Hall–Kier alpha value is -1.19. The standard InChI is InChI=1S/C17H25NO2/c1-17(2,3)14-6-4-13(5-7-14)16(19)9-8-15-12-18-10-11-20-15/h4-7,15,18H,8-12H2,1-3H3. The van der Waals surface area contributed by atoms with Crippen LogP contribution in [0.1, 0.15) is 49.5 Å². The van der Waals surface area contributed by atoms with Crippen LogP contribution in [0.5, 0.6) is 0 Å². The Morgan fingerprint density at radius 3 is 2.55 bits per heavy atom. The summed E-state index contributed by atoms with van der Waals surface area (Å²) in [6.07, 6.45) is 1.54. The van der Waals surface area contributed by atoms with Crippen LogP contribution in [0.25, 0.3) is 0 Å². The zero-order chi connectivity index (χ0) is 14.6. The molecule has 1 N–H and O–H groups in total. The first-order valence-corrected chi connectivity index (χ1v) is 7.43. The molecule has 1 aromatic carbocycles. The van der Waals surface area contributed by atoms with Crippen LogP contribution < -0.4 is 5.32 Å². The molecule has 0 radical (unpaired) electrons. The van der Waals surface area contributed by atoms with Crippen molar-refractivity contribution in [3.05, 3.63) is 35.4 Å². The molecule has 20 heavy (non-hydrogen) atoms. The predicted molar refractivity (Wildman–Crippen MR) is 81.3 cm³/mol. The highest BCUT2D eigenvalue weighted by molar-refractivity contribution is 5.96. The van der Waals surface area contributed by atoms with E-state index in [1.165, 1.54) is 5.56 Å². The molecule has 1 saturated heterocycles. The molecule has 1 fully saturated rings. The quantitative estimate of drug-likeness (QED) is 0.859. The number of rotatable bonds is 4. The van der Waals surface area contributed by atoms with Gasteiger partial charge in [0.1, 0.15) is 0 Å². The van der Waals surface area contributed by atoms with Gasteiger partial charge >= 0.3 is 0 Å². The molecule has 1 aliphatic rings. The molecule has 3 heteroatoms. The first-order valence-electron chi connectivity index (χ1n) is 7.43. The van der Waals surface area contributed by atoms with Crippen LogP contribution >= 0.6 is 0 Å². The number of nitrogens with one attached hydrogen (secondary N) is 1. The van der Waals surface area contributed by atoms with E-state index < -0.39 is 0 Å². The molecule has 0 bridgehead atoms. The number of morpholine rings is 1. The molecule has 0 amide bonds. The Morgan fingerprint density at radius 2 is 2.00 bits per heavy atom. The van der Waals surface area contributed by atoms with Gasteiger partial charge in [-0.05, 0) is 17.4 Å². The first kappa shape index (κ1) is 15.2. The van der Waals surface area contributed by atoms with Gasteiger partial charge in [0.05, 0.1) is 12.7 Å². The van der Waals surface area contributed by atoms with Crippen LogP contribution in [-0.4, -0.2) is 31.6 Å². The number of carbonyl (C=O) groups is 1. The predicted octanol–water partition coefficient (Wildman–Crippen LogP) is 2.94. The highest BCUT2D eigenvalue weighted by atomic mass is 16.5. The lowest BCUT2D eigenvalue weighted by atomic mass is 9.86. The summed E-state index contributed by atoms with van der Waals surface area (Å²) in [5.74, 6) is 0.208. The number of hydrogen-bond acceptors (Lipinski definition) is 3. The molecule has 0 saturated carbocycles. The average Bonchev–Trinajstić information content (AvgIpc) is 2.45. The van der Waals surface area contributed by atoms with E-state index in [1.54, 1.807) is 0 Å². The molecular weight excluding hydrogens is 250 g/mol. The summed E-state index contributed by atoms with van der Waals surface area (Å²) >= 11 is 0. The van der Waals surface area contributed by atoms with Gasteiger partial charge in [-0.25, -0.2) is 0 Å². The van der Waals surface area contributed by atoms with Gasteiger partial charge in [0.15, 0.2) is 5.78 Å². The molecule has 1 unspecified atom stereocenters. The second kappa shape index (κ2) is 6.51. The third-order valence-electron chi connectivity index (χ3n) is 3.77. The van der Waals surface area contributed by atoms with Crippen LogP contribution in [0.15, 0.2) is 24.3 Å². The van der Waals surface area contributed by atoms with Crippen molar-refractivity contribution in [2.75, 3.05) is 19.7 Å². The van der Waals surface area contributed by atoms with Crippen LogP contribution in [0, 0.1) is 0 Å². The molecular formula is C17H25NO2. The summed E-state index contributed by atoms with van der Waals surface area (Å²) in [5, 5.41) is 3.29. The number of hydrogen-bond donors (Lipinski definition) is 1. The van der Waals surface area contributed by atoms with Crippen LogP contribution in [-0.2, 0) is 10.2 Å². The van der Waals surface area contributed by atoms with E-state index in [-0.39, 0.29) is 17.3 Å². The van der Waals surface area contributed by atoms with Crippen molar-refractivity contribution in [2.24, 2.45) is 0 Å². The van der Waals surface area contributed by atoms with E-state index >= 15 is 0 Å². The number of carbonyl (C=O) groups excluding carboxylic acids is 1. The van der Waals surface area contributed by atoms with Crippen molar-refractivity contribution in [2.45, 2.75) is 45.1 Å². The van der Waals surface area contributed by atoms with E-state index in [0.29, 0.717) is 6.42 Å². The lowest BCUT2D eigenvalue weighted by molar-refractivity contribution is 0.0224. The fourth-order valence-electron chi connectivity index (χ4n) is 2.40. The Morgan fingerprint density at radius 1 is 1.30 bits per heavy atom. The van der Waals surface area contributed by atoms with Crippen LogP contribution in [0.4, 0.5) is 0 Å². The minimum absolute atomic E-state index is 0.128. The van der Waals surface area contributed by atoms with Crippen LogP contribution in [0.2, 0.25) is 0 Å². The molecule has 1 aromatic rings. The molecule has 1 aliphatic heterocycles. The first-order chi connectivity index (χ1) is 9.47. The highest BCUT2D eigenvalue weighted by Gasteiger charge is 2.17. The Labute approximate surface area is 121 Å². The van der Waals surface area contributed by atoms with E-state index in [4.69, 9.17) is 4.74 Å². The molecule has 0 aliphatic carbocycles. The molecule has 1 heterocycles. The topological polar surface area (TPSA) is 38.3 Å². The van der Waals surface area contributed by atoms with Gasteiger partial charge in [0, 0.05) is 25.1 Å². The molecule has 3 nitrogen and oxygen atoms in total. The maximum absolute atomic E-state index is 12.2. The third kappa shape index (κ3) is 4.15.